The van der Waals surface area contributed by atoms with E-state index in [0.717, 1.165) is 32.1 Å². The fraction of sp³-hybridized carbons (Fsp3) is 0.917. The van der Waals surface area contributed by atoms with Gasteiger partial charge in [0.1, 0.15) is 0 Å². The predicted molar refractivity (Wildman–Crippen MR) is 59.4 cm³/mol. The first kappa shape index (κ1) is 13.4. The van der Waals surface area contributed by atoms with Crippen LogP contribution in [0.25, 0.3) is 0 Å². The lowest BCUT2D eigenvalue weighted by Gasteiger charge is -2.31. The van der Waals surface area contributed by atoms with Crippen LogP contribution >= 0.6 is 0 Å². The van der Waals surface area contributed by atoms with E-state index in [-0.39, 0.29) is 5.41 Å². The van der Waals surface area contributed by atoms with Crippen molar-refractivity contribution in [1.29, 1.82) is 0 Å². The summed E-state index contributed by atoms with van der Waals surface area (Å²) >= 11 is 0. The van der Waals surface area contributed by atoms with Crippen molar-refractivity contribution < 1.29 is 13.6 Å². The average Bonchev–Trinajstić information content (AvgIpc) is 2.62. The van der Waals surface area contributed by atoms with Gasteiger partial charge in [-0.3, -0.25) is 4.79 Å². The van der Waals surface area contributed by atoms with Gasteiger partial charge in [-0.1, -0.05) is 26.7 Å². The topological polar surface area (TPSA) is 29.1 Å². The van der Waals surface area contributed by atoms with Gasteiger partial charge in [-0.25, -0.2) is 0 Å². The highest BCUT2D eigenvalue weighted by molar-refractivity contribution is 5.79. The van der Waals surface area contributed by atoms with Gasteiger partial charge in [-0.2, -0.15) is 8.78 Å². The van der Waals surface area contributed by atoms with Crippen LogP contribution in [0.1, 0.15) is 46.0 Å². The molecule has 4 heteroatoms. The molecular weight excluding hydrogens is 212 g/mol. The Kier molecular flexibility index (Phi) is 4.69. The molecule has 0 saturated heterocycles. The highest BCUT2D eigenvalue weighted by Crippen LogP contribution is 2.42. The van der Waals surface area contributed by atoms with Gasteiger partial charge in [0.2, 0.25) is 0 Å². The number of carbonyl (C=O) groups is 1. The second-order valence-corrected chi connectivity index (χ2v) is 5.32. The van der Waals surface area contributed by atoms with E-state index < -0.39 is 12.3 Å². The molecule has 1 aliphatic carbocycles. The first-order valence-electron chi connectivity index (χ1n) is 6.01. The summed E-state index contributed by atoms with van der Waals surface area (Å²) in [6.07, 6.45) is 2.52. The third-order valence-corrected chi connectivity index (χ3v) is 3.34. The molecule has 0 spiro atoms. The van der Waals surface area contributed by atoms with Gasteiger partial charge in [0, 0.05) is 6.54 Å². The number of alkyl halides is 2. The van der Waals surface area contributed by atoms with Crippen LogP contribution in [0.2, 0.25) is 0 Å². The summed E-state index contributed by atoms with van der Waals surface area (Å²) < 4.78 is 24.2. The van der Waals surface area contributed by atoms with Crippen LogP contribution in [-0.4, -0.2) is 18.9 Å². The van der Waals surface area contributed by atoms with Crippen LogP contribution in [0.3, 0.4) is 0 Å². The summed E-state index contributed by atoms with van der Waals surface area (Å²) in [5.74, 6) is -0.586. The van der Waals surface area contributed by atoms with Crippen molar-refractivity contribution in [1.82, 2.24) is 5.32 Å². The summed E-state index contributed by atoms with van der Waals surface area (Å²) in [5, 5.41) is 2.38. The molecule has 0 aliphatic heterocycles. The van der Waals surface area contributed by atoms with Gasteiger partial charge in [0.05, 0.1) is 0 Å². The zero-order valence-electron chi connectivity index (χ0n) is 10.1. The minimum Gasteiger partial charge on any atom is -0.351 e. The van der Waals surface area contributed by atoms with Crippen LogP contribution < -0.4 is 5.32 Å². The van der Waals surface area contributed by atoms with Crippen molar-refractivity contribution in [2.45, 2.75) is 52.4 Å². The number of amides is 1. The summed E-state index contributed by atoms with van der Waals surface area (Å²) in [6.45, 7) is 4.68. The maximum Gasteiger partial charge on any atom is 0.315 e. The molecule has 0 aromatic rings. The first-order valence-corrected chi connectivity index (χ1v) is 6.01. The van der Waals surface area contributed by atoms with Gasteiger partial charge in [0.25, 0.3) is 5.91 Å². The van der Waals surface area contributed by atoms with E-state index in [1.807, 2.05) is 0 Å². The van der Waals surface area contributed by atoms with Crippen LogP contribution in [0.5, 0.6) is 0 Å². The van der Waals surface area contributed by atoms with Gasteiger partial charge >= 0.3 is 6.43 Å². The molecule has 1 N–H and O–H groups in total. The Morgan fingerprint density at radius 1 is 1.31 bits per heavy atom. The van der Waals surface area contributed by atoms with E-state index >= 15 is 0 Å². The number of nitrogens with one attached hydrogen (secondary N) is 1. The van der Waals surface area contributed by atoms with Crippen molar-refractivity contribution in [3.8, 4) is 0 Å². The van der Waals surface area contributed by atoms with E-state index in [2.05, 4.69) is 19.2 Å². The van der Waals surface area contributed by atoms with E-state index in [1.165, 1.54) is 0 Å². The number of hydrogen-bond donors (Lipinski definition) is 1. The van der Waals surface area contributed by atoms with E-state index in [0.29, 0.717) is 12.5 Å². The quantitative estimate of drug-likeness (QED) is 0.777. The minimum atomic E-state index is -2.89. The normalized spacial score (nSPS) is 19.4. The molecule has 0 aromatic carbocycles. The van der Waals surface area contributed by atoms with Crippen molar-refractivity contribution in [2.75, 3.05) is 6.54 Å². The summed E-state index contributed by atoms with van der Waals surface area (Å²) in [6, 6.07) is 0. The number of halogens is 2. The molecule has 0 aromatic heterocycles. The molecule has 0 radical (unpaired) electrons. The maximum atomic E-state index is 12.1. The van der Waals surface area contributed by atoms with Gasteiger partial charge in [-0.05, 0) is 30.6 Å². The summed E-state index contributed by atoms with van der Waals surface area (Å²) in [7, 11) is 0. The SMILES string of the molecule is CC(C)CC1(CNC(=O)C(F)F)CCCC1. The van der Waals surface area contributed by atoms with E-state index in [1.54, 1.807) is 0 Å². The Bertz CT molecular complexity index is 235. The Morgan fingerprint density at radius 3 is 2.31 bits per heavy atom. The molecule has 0 unspecified atom stereocenters. The number of rotatable bonds is 5. The Labute approximate surface area is 95.8 Å². The molecule has 2 nitrogen and oxygen atoms in total. The highest BCUT2D eigenvalue weighted by atomic mass is 19.3. The lowest BCUT2D eigenvalue weighted by atomic mass is 9.78. The van der Waals surface area contributed by atoms with Crippen molar-refractivity contribution in [3.63, 3.8) is 0 Å². The maximum absolute atomic E-state index is 12.1. The number of carbonyl (C=O) groups excluding carboxylic acids is 1. The molecule has 1 rings (SSSR count). The molecular formula is C12H21F2NO. The second kappa shape index (κ2) is 5.60. The van der Waals surface area contributed by atoms with E-state index in [4.69, 9.17) is 0 Å². The smallest absolute Gasteiger partial charge is 0.315 e. The van der Waals surface area contributed by atoms with Gasteiger partial charge in [0.15, 0.2) is 0 Å². The lowest BCUT2D eigenvalue weighted by molar-refractivity contribution is -0.132. The predicted octanol–water partition coefficient (Wildman–Crippen LogP) is 2.97. The molecule has 0 bridgehead atoms. The Morgan fingerprint density at radius 2 is 1.88 bits per heavy atom. The monoisotopic (exact) mass is 233 g/mol. The first-order chi connectivity index (χ1) is 7.45. The third-order valence-electron chi connectivity index (χ3n) is 3.34. The van der Waals surface area contributed by atoms with Crippen molar-refractivity contribution in [2.24, 2.45) is 11.3 Å². The fourth-order valence-corrected chi connectivity index (χ4v) is 2.80. The van der Waals surface area contributed by atoms with Crippen molar-refractivity contribution >= 4 is 5.91 Å². The van der Waals surface area contributed by atoms with E-state index in [9.17, 15) is 13.6 Å². The minimum absolute atomic E-state index is 0.0682. The molecule has 1 saturated carbocycles. The van der Waals surface area contributed by atoms with Crippen LogP contribution in [0.15, 0.2) is 0 Å². The van der Waals surface area contributed by atoms with Crippen LogP contribution in [0.4, 0.5) is 8.78 Å². The summed E-state index contributed by atoms with van der Waals surface area (Å²) in [4.78, 5) is 10.9. The third kappa shape index (κ3) is 3.72. The zero-order chi connectivity index (χ0) is 12.2. The Hall–Kier alpha value is -0.670. The average molecular weight is 233 g/mol. The molecule has 1 amide bonds. The largest absolute Gasteiger partial charge is 0.351 e. The lowest BCUT2D eigenvalue weighted by Crippen LogP contribution is -2.39. The fourth-order valence-electron chi connectivity index (χ4n) is 2.80. The molecule has 0 atom stereocenters. The second-order valence-electron chi connectivity index (χ2n) is 5.32. The molecule has 0 heterocycles. The molecule has 16 heavy (non-hydrogen) atoms. The van der Waals surface area contributed by atoms with Crippen LogP contribution in [-0.2, 0) is 4.79 Å². The zero-order valence-corrected chi connectivity index (χ0v) is 10.1. The van der Waals surface area contributed by atoms with Crippen LogP contribution in [0, 0.1) is 11.3 Å². The highest BCUT2D eigenvalue weighted by Gasteiger charge is 2.35. The Balaban J connectivity index is 2.48. The number of hydrogen-bond acceptors (Lipinski definition) is 1. The standard InChI is InChI=1S/C12H21F2NO/c1-9(2)7-12(5-3-4-6-12)8-15-11(16)10(13)14/h9-10H,3-8H2,1-2H3,(H,15,16). The molecule has 94 valence electrons. The van der Waals surface area contributed by atoms with Crippen molar-refractivity contribution in [3.05, 3.63) is 0 Å². The van der Waals surface area contributed by atoms with Gasteiger partial charge in [-0.15, -0.1) is 0 Å². The molecule has 1 fully saturated rings. The van der Waals surface area contributed by atoms with Gasteiger partial charge < -0.3 is 5.32 Å². The summed E-state index contributed by atoms with van der Waals surface area (Å²) in [5.41, 5.74) is 0.0682. The molecule has 1 aliphatic rings.